The highest BCUT2D eigenvalue weighted by atomic mass is 16.1. The quantitative estimate of drug-likeness (QED) is 0.772. The van der Waals surface area contributed by atoms with E-state index in [0.717, 1.165) is 18.5 Å². The Bertz CT molecular complexity index is 431. The summed E-state index contributed by atoms with van der Waals surface area (Å²) in [7, 11) is 2.07. The normalized spacial score (nSPS) is 12.5. The Hall–Kier alpha value is -1.55. The number of aryl methyl sites for hydroxylation is 1. The van der Waals surface area contributed by atoms with Crippen molar-refractivity contribution in [3.63, 3.8) is 0 Å². The molecule has 1 rings (SSSR count). The van der Waals surface area contributed by atoms with Crippen molar-refractivity contribution in [1.82, 2.24) is 10.2 Å². The first-order valence-electron chi connectivity index (χ1n) is 6.80. The maximum absolute atomic E-state index is 12.0. The van der Waals surface area contributed by atoms with Crippen LogP contribution in [0.2, 0.25) is 0 Å². The molecule has 4 heteroatoms. The maximum atomic E-state index is 12.0. The lowest BCUT2D eigenvalue weighted by atomic mass is 10.1. The van der Waals surface area contributed by atoms with Gasteiger partial charge in [0.1, 0.15) is 0 Å². The fourth-order valence-corrected chi connectivity index (χ4v) is 1.86. The first-order valence-corrected chi connectivity index (χ1v) is 6.80. The van der Waals surface area contributed by atoms with Crippen LogP contribution in [-0.2, 0) is 0 Å². The molecule has 0 aliphatic rings. The van der Waals surface area contributed by atoms with E-state index in [1.54, 1.807) is 6.07 Å². The lowest BCUT2D eigenvalue weighted by Crippen LogP contribution is -2.37. The van der Waals surface area contributed by atoms with Crippen LogP contribution < -0.4 is 11.1 Å². The highest BCUT2D eigenvalue weighted by Gasteiger charge is 2.10. The molecule has 0 fully saturated rings. The highest BCUT2D eigenvalue weighted by molar-refractivity contribution is 5.99. The van der Waals surface area contributed by atoms with Crippen molar-refractivity contribution in [2.45, 2.75) is 33.2 Å². The third-order valence-corrected chi connectivity index (χ3v) is 3.55. The SMILES string of the molecule is CCC(C)N(C)CCNC(=O)c1ccc(C)cc1N. The first kappa shape index (κ1) is 15.5. The van der Waals surface area contributed by atoms with Gasteiger partial charge in [-0.25, -0.2) is 0 Å². The molecular weight excluding hydrogens is 238 g/mol. The number of nitrogen functional groups attached to an aromatic ring is 1. The fraction of sp³-hybridized carbons (Fsp3) is 0.533. The summed E-state index contributed by atoms with van der Waals surface area (Å²) < 4.78 is 0. The largest absolute Gasteiger partial charge is 0.398 e. The van der Waals surface area contributed by atoms with Gasteiger partial charge in [0.25, 0.3) is 5.91 Å². The predicted molar refractivity (Wildman–Crippen MR) is 80.3 cm³/mol. The Morgan fingerprint density at radius 2 is 2.16 bits per heavy atom. The molecule has 0 aliphatic heterocycles. The van der Waals surface area contributed by atoms with Crippen molar-refractivity contribution in [2.75, 3.05) is 25.9 Å². The van der Waals surface area contributed by atoms with Crippen molar-refractivity contribution in [3.8, 4) is 0 Å². The van der Waals surface area contributed by atoms with E-state index in [4.69, 9.17) is 5.73 Å². The van der Waals surface area contributed by atoms with Crippen LogP contribution in [0.5, 0.6) is 0 Å². The van der Waals surface area contributed by atoms with Crippen LogP contribution >= 0.6 is 0 Å². The zero-order chi connectivity index (χ0) is 14.4. The molecule has 0 radical (unpaired) electrons. The Labute approximate surface area is 116 Å². The second-order valence-electron chi connectivity index (χ2n) is 5.08. The molecule has 0 spiro atoms. The summed E-state index contributed by atoms with van der Waals surface area (Å²) in [6, 6.07) is 6.02. The summed E-state index contributed by atoms with van der Waals surface area (Å²) in [6.45, 7) is 7.77. The number of rotatable bonds is 6. The van der Waals surface area contributed by atoms with Gasteiger partial charge in [-0.2, -0.15) is 0 Å². The zero-order valence-electron chi connectivity index (χ0n) is 12.4. The molecule has 1 aromatic rings. The van der Waals surface area contributed by atoms with Crippen LogP contribution in [-0.4, -0.2) is 37.0 Å². The minimum absolute atomic E-state index is 0.102. The first-order chi connectivity index (χ1) is 8.95. The molecule has 0 aromatic heterocycles. The number of hydrogen-bond donors (Lipinski definition) is 2. The molecule has 19 heavy (non-hydrogen) atoms. The topological polar surface area (TPSA) is 58.4 Å². The van der Waals surface area contributed by atoms with E-state index in [1.807, 2.05) is 19.1 Å². The molecule has 0 saturated heterocycles. The van der Waals surface area contributed by atoms with Crippen molar-refractivity contribution < 1.29 is 4.79 Å². The lowest BCUT2D eigenvalue weighted by Gasteiger charge is -2.23. The molecule has 0 aliphatic carbocycles. The number of hydrogen-bond acceptors (Lipinski definition) is 3. The molecule has 0 saturated carbocycles. The number of benzene rings is 1. The number of nitrogens with one attached hydrogen (secondary N) is 1. The molecule has 3 N–H and O–H groups in total. The van der Waals surface area contributed by atoms with Crippen molar-refractivity contribution >= 4 is 11.6 Å². The van der Waals surface area contributed by atoms with E-state index < -0.39 is 0 Å². The van der Waals surface area contributed by atoms with Crippen LogP contribution in [0.25, 0.3) is 0 Å². The van der Waals surface area contributed by atoms with E-state index in [1.165, 1.54) is 0 Å². The van der Waals surface area contributed by atoms with Gasteiger partial charge in [0.15, 0.2) is 0 Å². The standard InChI is InChI=1S/C15H25N3O/c1-5-12(3)18(4)9-8-17-15(19)13-7-6-11(2)10-14(13)16/h6-7,10,12H,5,8-9,16H2,1-4H3,(H,17,19). The van der Waals surface area contributed by atoms with E-state index >= 15 is 0 Å². The number of carbonyl (C=O) groups excluding carboxylic acids is 1. The van der Waals surface area contributed by atoms with Crippen LogP contribution in [0.15, 0.2) is 18.2 Å². The number of nitrogens with two attached hydrogens (primary N) is 1. The minimum atomic E-state index is -0.102. The molecule has 0 bridgehead atoms. The van der Waals surface area contributed by atoms with E-state index in [0.29, 0.717) is 23.8 Å². The predicted octanol–water partition coefficient (Wildman–Crippen LogP) is 2.04. The minimum Gasteiger partial charge on any atom is -0.398 e. The molecule has 106 valence electrons. The summed E-state index contributed by atoms with van der Waals surface area (Å²) in [5.41, 5.74) is 8.00. The van der Waals surface area contributed by atoms with Gasteiger partial charge < -0.3 is 16.0 Å². The number of nitrogens with zero attached hydrogens (tertiary/aromatic N) is 1. The maximum Gasteiger partial charge on any atom is 0.253 e. The summed E-state index contributed by atoms with van der Waals surface area (Å²) in [5.74, 6) is -0.102. The Morgan fingerprint density at radius 1 is 1.47 bits per heavy atom. The molecular formula is C15H25N3O. The number of likely N-dealkylation sites (N-methyl/N-ethyl adjacent to an activating group) is 1. The van der Waals surface area contributed by atoms with Gasteiger partial charge in [-0.3, -0.25) is 4.79 Å². The number of anilines is 1. The molecule has 1 unspecified atom stereocenters. The van der Waals surface area contributed by atoms with Crippen LogP contribution in [0.1, 0.15) is 36.2 Å². The molecule has 1 amide bonds. The summed E-state index contributed by atoms with van der Waals surface area (Å²) in [6.07, 6.45) is 1.11. The summed E-state index contributed by atoms with van der Waals surface area (Å²) in [5, 5.41) is 2.91. The third-order valence-electron chi connectivity index (χ3n) is 3.55. The van der Waals surface area contributed by atoms with Crippen molar-refractivity contribution in [3.05, 3.63) is 29.3 Å². The average Bonchev–Trinajstić information content (AvgIpc) is 2.37. The molecule has 1 atom stereocenters. The smallest absolute Gasteiger partial charge is 0.253 e. The van der Waals surface area contributed by atoms with E-state index in [2.05, 4.69) is 31.1 Å². The number of carbonyl (C=O) groups is 1. The molecule has 4 nitrogen and oxygen atoms in total. The van der Waals surface area contributed by atoms with Gasteiger partial charge in [-0.15, -0.1) is 0 Å². The Morgan fingerprint density at radius 3 is 2.74 bits per heavy atom. The van der Waals surface area contributed by atoms with Gasteiger partial charge in [-0.05, 0) is 45.0 Å². The summed E-state index contributed by atoms with van der Waals surface area (Å²) >= 11 is 0. The van der Waals surface area contributed by atoms with E-state index in [-0.39, 0.29) is 5.91 Å². The Balaban J connectivity index is 2.47. The fourth-order valence-electron chi connectivity index (χ4n) is 1.86. The van der Waals surface area contributed by atoms with E-state index in [9.17, 15) is 4.79 Å². The number of amides is 1. The second kappa shape index (κ2) is 7.14. The lowest BCUT2D eigenvalue weighted by molar-refractivity contribution is 0.0948. The van der Waals surface area contributed by atoms with Gasteiger partial charge in [0, 0.05) is 24.8 Å². The van der Waals surface area contributed by atoms with Crippen molar-refractivity contribution in [2.24, 2.45) is 0 Å². The summed E-state index contributed by atoms with van der Waals surface area (Å²) in [4.78, 5) is 14.2. The monoisotopic (exact) mass is 263 g/mol. The molecule has 0 heterocycles. The van der Waals surface area contributed by atoms with Gasteiger partial charge in [-0.1, -0.05) is 13.0 Å². The zero-order valence-corrected chi connectivity index (χ0v) is 12.4. The van der Waals surface area contributed by atoms with Crippen molar-refractivity contribution in [1.29, 1.82) is 0 Å². The second-order valence-corrected chi connectivity index (χ2v) is 5.08. The Kier molecular flexibility index (Phi) is 5.83. The van der Waals surface area contributed by atoms with Gasteiger partial charge in [0.05, 0.1) is 5.56 Å². The van der Waals surface area contributed by atoms with Crippen LogP contribution in [0, 0.1) is 6.92 Å². The third kappa shape index (κ3) is 4.56. The average molecular weight is 263 g/mol. The van der Waals surface area contributed by atoms with Crippen LogP contribution in [0.4, 0.5) is 5.69 Å². The molecule has 1 aromatic carbocycles. The van der Waals surface area contributed by atoms with Gasteiger partial charge >= 0.3 is 0 Å². The van der Waals surface area contributed by atoms with Gasteiger partial charge in [0.2, 0.25) is 0 Å². The van der Waals surface area contributed by atoms with Crippen LogP contribution in [0.3, 0.4) is 0 Å². The highest BCUT2D eigenvalue weighted by Crippen LogP contribution is 2.13.